The van der Waals surface area contributed by atoms with Crippen LogP contribution in [0.25, 0.3) is 67.7 Å². The van der Waals surface area contributed by atoms with E-state index in [0.717, 1.165) is 44.0 Å². The van der Waals surface area contributed by atoms with Gasteiger partial charge in [0.15, 0.2) is 0 Å². The molecule has 0 aliphatic heterocycles. The van der Waals surface area contributed by atoms with Crippen LogP contribution < -0.4 is 0 Å². The van der Waals surface area contributed by atoms with E-state index in [4.69, 9.17) is 15.0 Å². The highest BCUT2D eigenvalue weighted by molar-refractivity contribution is 6.11. The van der Waals surface area contributed by atoms with E-state index in [1.54, 1.807) is 6.33 Å². The monoisotopic (exact) mass is 575 g/mol. The van der Waals surface area contributed by atoms with Gasteiger partial charge in [-0.25, -0.2) is 9.97 Å². The smallest absolute Gasteiger partial charge is 0.239 e. The summed E-state index contributed by atoms with van der Waals surface area (Å²) in [6, 6.07) is 26.3. The van der Waals surface area contributed by atoms with E-state index < -0.39 is 0 Å². The second kappa shape index (κ2) is 9.75. The maximum Gasteiger partial charge on any atom is 0.239 e. The maximum absolute atomic E-state index is 5.15. The van der Waals surface area contributed by atoms with E-state index in [2.05, 4.69) is 137 Å². The van der Waals surface area contributed by atoms with Gasteiger partial charge in [-0.15, -0.1) is 0 Å². The molecule has 5 nitrogen and oxygen atoms in total. The van der Waals surface area contributed by atoms with Crippen molar-refractivity contribution in [1.29, 1.82) is 0 Å². The Morgan fingerprint density at radius 3 is 1.25 bits per heavy atom. The minimum Gasteiger partial charge on any atom is -0.278 e. The molecule has 218 valence electrons. The fraction of sp³-hybridized carbons (Fsp3) is 0.205. The van der Waals surface area contributed by atoms with Crippen LogP contribution in [-0.4, -0.2) is 24.1 Å². The Labute approximate surface area is 258 Å². The average Bonchev–Trinajstić information content (AvgIpc) is 3.51. The Hall–Kier alpha value is -5.03. The lowest BCUT2D eigenvalue weighted by Crippen LogP contribution is -2.11. The molecule has 0 aliphatic carbocycles. The molecule has 44 heavy (non-hydrogen) atoms. The molecule has 3 aromatic heterocycles. The molecule has 0 spiro atoms. The largest absolute Gasteiger partial charge is 0.278 e. The van der Waals surface area contributed by atoms with Gasteiger partial charge in [0.1, 0.15) is 6.33 Å². The van der Waals surface area contributed by atoms with E-state index in [9.17, 15) is 0 Å². The summed E-state index contributed by atoms with van der Waals surface area (Å²) in [7, 11) is 0. The van der Waals surface area contributed by atoms with Crippen LogP contribution in [0.3, 0.4) is 0 Å². The SMILES string of the molecule is C=Cc1ccc2c(c1)c1cc(C=C)ccc1n2-c1ncnc(-n2c3ccc(C(C)(C)C)cc3c3cc(C(C)(C)C)ccc32)n1. The number of fused-ring (bicyclic) bond motifs is 6. The van der Waals surface area contributed by atoms with Crippen LogP contribution in [0.15, 0.2) is 92.3 Å². The van der Waals surface area contributed by atoms with Crippen molar-refractivity contribution in [3.8, 4) is 11.9 Å². The lowest BCUT2D eigenvalue weighted by molar-refractivity contribution is 0.590. The average molecular weight is 576 g/mol. The molecule has 3 heterocycles. The number of aromatic nitrogens is 5. The fourth-order valence-electron chi connectivity index (χ4n) is 6.19. The molecule has 0 bridgehead atoms. The van der Waals surface area contributed by atoms with Crippen molar-refractivity contribution in [3.05, 3.63) is 115 Å². The number of nitrogens with zero attached hydrogens (tertiary/aromatic N) is 5. The summed E-state index contributed by atoms with van der Waals surface area (Å²) in [4.78, 5) is 14.6. The molecular formula is C39H37N5. The zero-order valence-corrected chi connectivity index (χ0v) is 26.3. The first-order valence-electron chi connectivity index (χ1n) is 15.1. The van der Waals surface area contributed by atoms with Crippen LogP contribution in [0, 0.1) is 0 Å². The van der Waals surface area contributed by atoms with Gasteiger partial charge in [0.25, 0.3) is 0 Å². The molecule has 0 atom stereocenters. The van der Waals surface area contributed by atoms with Crippen molar-refractivity contribution in [2.75, 3.05) is 0 Å². The van der Waals surface area contributed by atoms with Gasteiger partial charge in [0.2, 0.25) is 11.9 Å². The Morgan fingerprint density at radius 1 is 0.523 bits per heavy atom. The number of benzene rings is 4. The minimum absolute atomic E-state index is 0.0258. The molecule has 0 saturated heterocycles. The molecule has 0 amide bonds. The van der Waals surface area contributed by atoms with Gasteiger partial charge >= 0.3 is 0 Å². The molecule has 0 aliphatic rings. The second-order valence-electron chi connectivity index (χ2n) is 13.7. The van der Waals surface area contributed by atoms with Gasteiger partial charge in [-0.3, -0.25) is 9.13 Å². The second-order valence-corrected chi connectivity index (χ2v) is 13.7. The summed E-state index contributed by atoms with van der Waals surface area (Å²) in [6.45, 7) is 21.5. The van der Waals surface area contributed by atoms with E-state index in [0.29, 0.717) is 11.9 Å². The van der Waals surface area contributed by atoms with Crippen LogP contribution in [0.4, 0.5) is 0 Å². The Morgan fingerprint density at radius 2 is 0.886 bits per heavy atom. The summed E-state index contributed by atoms with van der Waals surface area (Å²) in [5.41, 5.74) is 8.96. The van der Waals surface area contributed by atoms with Gasteiger partial charge in [0.05, 0.1) is 22.1 Å². The normalized spacial score (nSPS) is 12.5. The zero-order valence-electron chi connectivity index (χ0n) is 26.3. The molecule has 7 rings (SSSR count). The zero-order chi connectivity index (χ0) is 31.0. The summed E-state index contributed by atoms with van der Waals surface area (Å²) >= 11 is 0. The molecule has 0 radical (unpaired) electrons. The van der Waals surface area contributed by atoms with E-state index >= 15 is 0 Å². The van der Waals surface area contributed by atoms with Gasteiger partial charge in [-0.1, -0.05) is 91.1 Å². The van der Waals surface area contributed by atoms with E-state index in [1.165, 1.54) is 21.9 Å². The van der Waals surface area contributed by atoms with Crippen molar-refractivity contribution in [3.63, 3.8) is 0 Å². The summed E-state index contributed by atoms with van der Waals surface area (Å²) in [5.74, 6) is 1.16. The number of hydrogen-bond donors (Lipinski definition) is 0. The summed E-state index contributed by atoms with van der Waals surface area (Å²) in [5, 5.41) is 4.63. The third-order valence-electron chi connectivity index (χ3n) is 8.73. The molecule has 5 heteroatoms. The minimum atomic E-state index is 0.0258. The summed E-state index contributed by atoms with van der Waals surface area (Å²) in [6.07, 6.45) is 5.37. The molecule has 0 N–H and O–H groups in total. The molecule has 0 saturated carbocycles. The van der Waals surface area contributed by atoms with Crippen LogP contribution in [0.5, 0.6) is 0 Å². The lowest BCUT2D eigenvalue weighted by Gasteiger charge is -2.19. The van der Waals surface area contributed by atoms with Gasteiger partial charge in [-0.2, -0.15) is 4.98 Å². The third kappa shape index (κ3) is 4.34. The van der Waals surface area contributed by atoms with Crippen molar-refractivity contribution in [2.24, 2.45) is 0 Å². The van der Waals surface area contributed by atoms with Gasteiger partial charge < -0.3 is 0 Å². The molecule has 0 unspecified atom stereocenters. The van der Waals surface area contributed by atoms with Crippen molar-refractivity contribution in [2.45, 2.75) is 52.4 Å². The van der Waals surface area contributed by atoms with Crippen molar-refractivity contribution < 1.29 is 0 Å². The highest BCUT2D eigenvalue weighted by Crippen LogP contribution is 2.38. The van der Waals surface area contributed by atoms with Crippen LogP contribution >= 0.6 is 0 Å². The predicted molar refractivity (Wildman–Crippen MR) is 186 cm³/mol. The number of rotatable bonds is 4. The fourth-order valence-corrected chi connectivity index (χ4v) is 6.19. The first kappa shape index (κ1) is 27.8. The highest BCUT2D eigenvalue weighted by atomic mass is 15.3. The predicted octanol–water partition coefficient (Wildman–Crippen LogP) is 9.95. The standard InChI is InChI=1S/C39H37N5/c1-9-24-11-15-32-28(19-24)29-20-25(10-2)12-16-33(29)43(32)36-40-23-41-37(42-36)44-34-17-13-26(38(3,4)5)21-30(34)31-22-27(39(6,7)8)14-18-35(31)44/h9-23H,1-2H2,3-8H3. The third-order valence-corrected chi connectivity index (χ3v) is 8.73. The molecular weight excluding hydrogens is 538 g/mol. The topological polar surface area (TPSA) is 48.5 Å². The van der Waals surface area contributed by atoms with Gasteiger partial charge in [-0.05, 0) is 81.6 Å². The van der Waals surface area contributed by atoms with Crippen molar-refractivity contribution >= 4 is 55.8 Å². The van der Waals surface area contributed by atoms with Crippen LogP contribution in [0.1, 0.15) is 63.8 Å². The molecule has 7 aromatic rings. The molecule has 0 fully saturated rings. The van der Waals surface area contributed by atoms with Crippen LogP contribution in [-0.2, 0) is 10.8 Å². The summed E-state index contributed by atoms with van der Waals surface area (Å²) < 4.78 is 4.30. The van der Waals surface area contributed by atoms with Gasteiger partial charge in [0, 0.05) is 21.5 Å². The Kier molecular flexibility index (Phi) is 6.15. The molecule has 4 aromatic carbocycles. The first-order chi connectivity index (χ1) is 21.0. The number of hydrogen-bond acceptors (Lipinski definition) is 3. The lowest BCUT2D eigenvalue weighted by atomic mass is 9.85. The Bertz CT molecular complexity index is 2150. The van der Waals surface area contributed by atoms with E-state index in [-0.39, 0.29) is 10.8 Å². The van der Waals surface area contributed by atoms with Crippen LogP contribution in [0.2, 0.25) is 0 Å². The van der Waals surface area contributed by atoms with Crippen molar-refractivity contribution in [1.82, 2.24) is 24.1 Å². The maximum atomic E-state index is 5.15. The van der Waals surface area contributed by atoms with E-state index in [1.807, 2.05) is 12.2 Å². The highest BCUT2D eigenvalue weighted by Gasteiger charge is 2.22. The quantitative estimate of drug-likeness (QED) is 0.210. The Balaban J connectivity index is 1.52. The first-order valence-corrected chi connectivity index (χ1v) is 15.1.